The molecule has 0 unspecified atom stereocenters. The third kappa shape index (κ3) is 6.27. The standard InChI is InChI=1S/C20H27N3O2/c1-14(2)6-7-16-5-4-9-22-19(16)8-10-21-13-18-12-17(20(24)25)11-15(3)23-18/h4-5,9,11-12,14,21H,6-8,10,13H2,1-3H3,(H,24,25). The number of aromatic nitrogens is 2. The molecule has 2 aromatic heterocycles. The number of rotatable bonds is 9. The Hall–Kier alpha value is -2.27. The number of carboxylic acid groups (broad SMARTS) is 1. The third-order valence-corrected chi connectivity index (χ3v) is 4.07. The second-order valence-corrected chi connectivity index (χ2v) is 6.76. The first kappa shape index (κ1) is 19.1. The van der Waals surface area contributed by atoms with Crippen molar-refractivity contribution in [2.75, 3.05) is 6.54 Å². The number of carbonyl (C=O) groups is 1. The SMILES string of the molecule is Cc1cc(C(=O)O)cc(CNCCc2ncccc2CCC(C)C)n1. The van der Waals surface area contributed by atoms with E-state index in [1.807, 2.05) is 19.2 Å². The van der Waals surface area contributed by atoms with Gasteiger partial charge >= 0.3 is 5.97 Å². The van der Waals surface area contributed by atoms with Crippen molar-refractivity contribution in [2.24, 2.45) is 5.92 Å². The van der Waals surface area contributed by atoms with E-state index >= 15 is 0 Å². The Morgan fingerprint density at radius 2 is 2.08 bits per heavy atom. The van der Waals surface area contributed by atoms with Crippen LogP contribution in [0, 0.1) is 12.8 Å². The van der Waals surface area contributed by atoms with Crippen LogP contribution < -0.4 is 5.32 Å². The van der Waals surface area contributed by atoms with Gasteiger partial charge in [0.1, 0.15) is 0 Å². The summed E-state index contributed by atoms with van der Waals surface area (Å²) in [7, 11) is 0. The second kappa shape index (κ2) is 9.28. The zero-order chi connectivity index (χ0) is 18.2. The van der Waals surface area contributed by atoms with E-state index in [1.54, 1.807) is 12.1 Å². The fourth-order valence-corrected chi connectivity index (χ4v) is 2.74. The molecule has 0 aliphatic carbocycles. The van der Waals surface area contributed by atoms with Gasteiger partial charge in [0.05, 0.1) is 11.3 Å². The molecule has 0 amide bonds. The summed E-state index contributed by atoms with van der Waals surface area (Å²) in [6.07, 6.45) is 4.92. The lowest BCUT2D eigenvalue weighted by Crippen LogP contribution is -2.19. The summed E-state index contributed by atoms with van der Waals surface area (Å²) in [6.45, 7) is 7.61. The van der Waals surface area contributed by atoms with Crippen LogP contribution in [0.15, 0.2) is 30.5 Å². The highest BCUT2D eigenvalue weighted by Gasteiger charge is 2.07. The lowest BCUT2D eigenvalue weighted by Gasteiger charge is -2.11. The van der Waals surface area contributed by atoms with Gasteiger partial charge in [-0.05, 0) is 49.4 Å². The quantitative estimate of drug-likeness (QED) is 0.684. The Labute approximate surface area is 149 Å². The monoisotopic (exact) mass is 341 g/mol. The summed E-state index contributed by atoms with van der Waals surface area (Å²) in [5.74, 6) is -0.239. The highest BCUT2D eigenvalue weighted by atomic mass is 16.4. The molecule has 5 nitrogen and oxygen atoms in total. The van der Waals surface area contributed by atoms with Gasteiger partial charge in [-0.3, -0.25) is 9.97 Å². The van der Waals surface area contributed by atoms with Gasteiger partial charge in [-0.1, -0.05) is 19.9 Å². The predicted molar refractivity (Wildman–Crippen MR) is 98.7 cm³/mol. The number of carboxylic acids is 1. The minimum absolute atomic E-state index is 0.282. The van der Waals surface area contributed by atoms with Crippen LogP contribution in [0.5, 0.6) is 0 Å². The first-order chi connectivity index (χ1) is 12.0. The number of hydrogen-bond acceptors (Lipinski definition) is 4. The highest BCUT2D eigenvalue weighted by molar-refractivity contribution is 5.87. The van der Waals surface area contributed by atoms with Crippen molar-refractivity contribution in [3.63, 3.8) is 0 Å². The fourth-order valence-electron chi connectivity index (χ4n) is 2.74. The van der Waals surface area contributed by atoms with E-state index in [4.69, 9.17) is 5.11 Å². The predicted octanol–water partition coefficient (Wildman–Crippen LogP) is 3.40. The van der Waals surface area contributed by atoms with Gasteiger partial charge in [-0.15, -0.1) is 0 Å². The topological polar surface area (TPSA) is 75.1 Å². The molecule has 0 atom stereocenters. The summed E-state index contributed by atoms with van der Waals surface area (Å²) < 4.78 is 0. The van der Waals surface area contributed by atoms with Gasteiger partial charge in [-0.25, -0.2) is 4.79 Å². The normalized spacial score (nSPS) is 11.0. The Kier molecular flexibility index (Phi) is 7.07. The fraction of sp³-hybridized carbons (Fsp3) is 0.450. The Bertz CT molecular complexity index is 714. The van der Waals surface area contributed by atoms with Crippen LogP contribution >= 0.6 is 0 Å². The van der Waals surface area contributed by atoms with Crippen molar-refractivity contribution in [1.29, 1.82) is 0 Å². The van der Waals surface area contributed by atoms with E-state index in [0.29, 0.717) is 12.5 Å². The molecule has 2 rings (SSSR count). The van der Waals surface area contributed by atoms with Crippen LogP contribution in [-0.2, 0) is 19.4 Å². The third-order valence-electron chi connectivity index (χ3n) is 4.07. The molecule has 0 saturated heterocycles. The molecule has 25 heavy (non-hydrogen) atoms. The van der Waals surface area contributed by atoms with Crippen LogP contribution in [-0.4, -0.2) is 27.6 Å². The molecule has 2 aromatic rings. The van der Waals surface area contributed by atoms with Crippen molar-refractivity contribution in [3.8, 4) is 0 Å². The van der Waals surface area contributed by atoms with E-state index in [9.17, 15) is 4.79 Å². The van der Waals surface area contributed by atoms with Gasteiger partial charge in [-0.2, -0.15) is 0 Å². The zero-order valence-electron chi connectivity index (χ0n) is 15.2. The number of hydrogen-bond donors (Lipinski definition) is 2. The average molecular weight is 341 g/mol. The van der Waals surface area contributed by atoms with Crippen LogP contribution in [0.3, 0.4) is 0 Å². The number of pyridine rings is 2. The van der Waals surface area contributed by atoms with E-state index in [1.165, 1.54) is 5.56 Å². The molecule has 0 bridgehead atoms. The van der Waals surface area contributed by atoms with Gasteiger partial charge in [0.25, 0.3) is 0 Å². The first-order valence-electron chi connectivity index (χ1n) is 8.80. The van der Waals surface area contributed by atoms with Gasteiger partial charge in [0.15, 0.2) is 0 Å². The van der Waals surface area contributed by atoms with Crippen LogP contribution in [0.2, 0.25) is 0 Å². The lowest BCUT2D eigenvalue weighted by atomic mass is 10.0. The Morgan fingerprint density at radius 1 is 1.28 bits per heavy atom. The Balaban J connectivity index is 1.88. The molecule has 134 valence electrons. The first-order valence-corrected chi connectivity index (χ1v) is 8.80. The molecule has 0 aromatic carbocycles. The molecule has 0 aliphatic heterocycles. The molecule has 0 aliphatic rings. The smallest absolute Gasteiger partial charge is 0.335 e. The molecule has 2 N–H and O–H groups in total. The van der Waals surface area contributed by atoms with Gasteiger partial charge in [0, 0.05) is 37.1 Å². The maximum atomic E-state index is 11.1. The van der Waals surface area contributed by atoms with Crippen molar-refractivity contribution in [2.45, 2.75) is 46.6 Å². The van der Waals surface area contributed by atoms with Crippen molar-refractivity contribution >= 4 is 5.97 Å². The maximum absolute atomic E-state index is 11.1. The van der Waals surface area contributed by atoms with Gasteiger partial charge in [0.2, 0.25) is 0 Å². The number of aromatic carboxylic acids is 1. The average Bonchev–Trinajstić information content (AvgIpc) is 2.57. The second-order valence-electron chi connectivity index (χ2n) is 6.76. The molecule has 0 radical (unpaired) electrons. The summed E-state index contributed by atoms with van der Waals surface area (Å²) in [5, 5.41) is 12.5. The molecule has 0 spiro atoms. The highest BCUT2D eigenvalue weighted by Crippen LogP contribution is 2.12. The number of aryl methyl sites for hydroxylation is 2. The van der Waals surface area contributed by atoms with E-state index in [2.05, 4.69) is 35.2 Å². The molecule has 2 heterocycles. The summed E-state index contributed by atoms with van der Waals surface area (Å²) in [6, 6.07) is 7.36. The van der Waals surface area contributed by atoms with Gasteiger partial charge < -0.3 is 10.4 Å². The molecule has 5 heteroatoms. The van der Waals surface area contributed by atoms with E-state index < -0.39 is 5.97 Å². The minimum atomic E-state index is -0.921. The summed E-state index contributed by atoms with van der Waals surface area (Å²) in [4.78, 5) is 20.0. The number of nitrogens with zero attached hydrogens (tertiary/aromatic N) is 2. The molecular formula is C20H27N3O2. The van der Waals surface area contributed by atoms with Crippen molar-refractivity contribution < 1.29 is 9.90 Å². The van der Waals surface area contributed by atoms with Crippen LogP contribution in [0.4, 0.5) is 0 Å². The summed E-state index contributed by atoms with van der Waals surface area (Å²) >= 11 is 0. The number of nitrogens with one attached hydrogen (secondary N) is 1. The largest absolute Gasteiger partial charge is 0.478 e. The van der Waals surface area contributed by atoms with Crippen LogP contribution in [0.25, 0.3) is 0 Å². The van der Waals surface area contributed by atoms with Crippen molar-refractivity contribution in [3.05, 3.63) is 58.7 Å². The summed E-state index contributed by atoms with van der Waals surface area (Å²) in [5.41, 5.74) is 4.21. The zero-order valence-corrected chi connectivity index (χ0v) is 15.2. The van der Waals surface area contributed by atoms with Crippen molar-refractivity contribution in [1.82, 2.24) is 15.3 Å². The molecule has 0 saturated carbocycles. The maximum Gasteiger partial charge on any atom is 0.335 e. The molecular weight excluding hydrogens is 314 g/mol. The van der Waals surface area contributed by atoms with Crippen LogP contribution in [0.1, 0.15) is 53.3 Å². The minimum Gasteiger partial charge on any atom is -0.478 e. The van der Waals surface area contributed by atoms with E-state index in [-0.39, 0.29) is 5.56 Å². The Morgan fingerprint density at radius 3 is 2.80 bits per heavy atom. The molecule has 0 fully saturated rings. The van der Waals surface area contributed by atoms with E-state index in [0.717, 1.165) is 42.9 Å². The lowest BCUT2D eigenvalue weighted by molar-refractivity contribution is 0.0696.